The minimum Gasteiger partial charge on any atom is -0.454 e. The Balaban J connectivity index is 1.23. The molecule has 11 rings (SSSR count). The number of anilines is 8. The van der Waals surface area contributed by atoms with Crippen molar-refractivity contribution in [3.63, 3.8) is 0 Å². The van der Waals surface area contributed by atoms with E-state index in [-0.39, 0.29) is 6.85 Å². The molecule has 344 valence electrons. The summed E-state index contributed by atoms with van der Waals surface area (Å²) in [6.45, 7) is 8.98. The number of hydrogen-bond donors (Lipinski definition) is 0. The van der Waals surface area contributed by atoms with Crippen LogP contribution in [0.2, 0.25) is 0 Å². The van der Waals surface area contributed by atoms with Gasteiger partial charge in [0.25, 0.3) is 0 Å². The minimum absolute atomic E-state index is 0.142. The highest BCUT2D eigenvalue weighted by Gasteiger charge is 2.47. The SMILES string of the molecule is CCCCc1ccc(N2B3c4cc(CCCC)ccc4N(c4ccc(CCCC)cc4)c4cc(N(c5ccccc5)c5ccc(CCCC)cc5)cc(c43)-c3ccc4c(oc5ccccc54)c32)cc1. The van der Waals surface area contributed by atoms with Crippen molar-refractivity contribution in [3.05, 3.63) is 192 Å². The molecule has 2 aliphatic heterocycles. The highest BCUT2D eigenvalue weighted by Crippen LogP contribution is 2.52. The second-order valence-electron chi connectivity index (χ2n) is 19.4. The first-order valence-electron chi connectivity index (χ1n) is 26.0. The summed E-state index contributed by atoms with van der Waals surface area (Å²) in [5, 5.41) is 2.28. The first-order chi connectivity index (χ1) is 34.1. The van der Waals surface area contributed by atoms with Crippen molar-refractivity contribution < 1.29 is 4.42 Å². The molecule has 69 heavy (non-hydrogen) atoms. The summed E-state index contributed by atoms with van der Waals surface area (Å²) in [5.74, 6) is 0. The Hall–Kier alpha value is -6.98. The fourth-order valence-electron chi connectivity index (χ4n) is 11.1. The van der Waals surface area contributed by atoms with Crippen molar-refractivity contribution in [3.8, 4) is 11.1 Å². The molecular formula is C64H64BN3O. The predicted octanol–water partition coefficient (Wildman–Crippen LogP) is 17.1. The second-order valence-corrected chi connectivity index (χ2v) is 19.4. The number of hydrogen-bond acceptors (Lipinski definition) is 4. The average Bonchev–Trinajstić information content (AvgIpc) is 3.79. The van der Waals surface area contributed by atoms with Gasteiger partial charge < -0.3 is 19.0 Å². The van der Waals surface area contributed by atoms with Gasteiger partial charge >= 0.3 is 6.85 Å². The summed E-state index contributed by atoms with van der Waals surface area (Å²) in [6.07, 6.45) is 13.7. The standard InChI is InChI=1S/C64H64BN3O/c1-5-9-18-45-26-33-50(34-27-45)66(49-22-14-13-15-23-49)53-43-57-55-39-40-56-54-24-16-17-25-61(54)69-64(56)63(55)68(52-37-30-47(31-38-52)20-11-7-3)65-58-42-48(21-12-8-4)32-41-59(58)67(60(44-53)62(57)65)51-35-28-46(29-36-51)19-10-6-2/h13-17,22-44H,5-12,18-21H2,1-4H3. The summed E-state index contributed by atoms with van der Waals surface area (Å²) < 4.78 is 7.12. The lowest BCUT2D eigenvalue weighted by Crippen LogP contribution is -2.61. The summed E-state index contributed by atoms with van der Waals surface area (Å²) in [6, 6.07) is 64.7. The van der Waals surface area contributed by atoms with Gasteiger partial charge in [0.1, 0.15) is 5.58 Å². The number of para-hydroxylation sites is 2. The zero-order chi connectivity index (χ0) is 46.8. The van der Waals surface area contributed by atoms with Gasteiger partial charge in [0.05, 0.1) is 5.69 Å². The molecular weight excluding hydrogens is 838 g/mol. The maximum atomic E-state index is 7.12. The van der Waals surface area contributed by atoms with Gasteiger partial charge in [0.15, 0.2) is 5.58 Å². The second kappa shape index (κ2) is 19.6. The van der Waals surface area contributed by atoms with Crippen LogP contribution in [0.4, 0.5) is 45.5 Å². The van der Waals surface area contributed by atoms with Crippen molar-refractivity contribution in [2.75, 3.05) is 14.6 Å². The van der Waals surface area contributed by atoms with Gasteiger partial charge in [0.2, 0.25) is 0 Å². The lowest BCUT2D eigenvalue weighted by Gasteiger charge is -2.46. The van der Waals surface area contributed by atoms with Gasteiger partial charge in [-0.1, -0.05) is 144 Å². The third kappa shape index (κ3) is 8.30. The molecule has 1 aromatic heterocycles. The summed E-state index contributed by atoms with van der Waals surface area (Å²) in [5.41, 5.74) is 21.7. The van der Waals surface area contributed by atoms with E-state index in [9.17, 15) is 0 Å². The van der Waals surface area contributed by atoms with E-state index in [0.29, 0.717) is 0 Å². The van der Waals surface area contributed by atoms with Gasteiger partial charge in [-0.3, -0.25) is 0 Å². The molecule has 0 saturated carbocycles. The van der Waals surface area contributed by atoms with Crippen molar-refractivity contribution in [1.82, 2.24) is 0 Å². The molecule has 0 radical (unpaired) electrons. The molecule has 0 atom stereocenters. The Morgan fingerprint density at radius 2 is 1.01 bits per heavy atom. The van der Waals surface area contributed by atoms with Gasteiger partial charge in [-0.2, -0.15) is 0 Å². The molecule has 0 spiro atoms. The number of furan rings is 1. The van der Waals surface area contributed by atoms with E-state index in [0.717, 1.165) is 83.2 Å². The minimum atomic E-state index is -0.142. The Morgan fingerprint density at radius 3 is 1.67 bits per heavy atom. The lowest BCUT2D eigenvalue weighted by atomic mass is 9.43. The first-order valence-corrected chi connectivity index (χ1v) is 26.0. The van der Waals surface area contributed by atoms with Crippen LogP contribution in [0.25, 0.3) is 33.1 Å². The zero-order valence-corrected chi connectivity index (χ0v) is 41.0. The van der Waals surface area contributed by atoms with Crippen LogP contribution in [0.5, 0.6) is 0 Å². The quantitative estimate of drug-likeness (QED) is 0.0849. The maximum absolute atomic E-state index is 7.12. The molecule has 0 aliphatic carbocycles. The van der Waals surface area contributed by atoms with Crippen molar-refractivity contribution >= 4 is 85.2 Å². The van der Waals surface area contributed by atoms with Crippen molar-refractivity contribution in [2.45, 2.75) is 105 Å². The van der Waals surface area contributed by atoms with Gasteiger partial charge in [0, 0.05) is 56.1 Å². The predicted molar refractivity (Wildman–Crippen MR) is 297 cm³/mol. The molecule has 3 heterocycles. The Labute approximate surface area is 410 Å². The molecule has 0 fully saturated rings. The van der Waals surface area contributed by atoms with E-state index >= 15 is 0 Å². The van der Waals surface area contributed by atoms with Crippen LogP contribution < -0.4 is 25.5 Å². The van der Waals surface area contributed by atoms with Crippen molar-refractivity contribution in [1.29, 1.82) is 0 Å². The number of rotatable bonds is 17. The van der Waals surface area contributed by atoms with Gasteiger partial charge in [-0.25, -0.2) is 0 Å². The molecule has 9 aromatic rings. The monoisotopic (exact) mass is 902 g/mol. The topological polar surface area (TPSA) is 22.9 Å². The maximum Gasteiger partial charge on any atom is 0.333 e. The van der Waals surface area contributed by atoms with E-state index in [1.54, 1.807) is 0 Å². The molecule has 2 aliphatic rings. The van der Waals surface area contributed by atoms with E-state index in [1.807, 2.05) is 0 Å². The normalized spacial score (nSPS) is 12.7. The summed E-state index contributed by atoms with van der Waals surface area (Å²) >= 11 is 0. The number of nitrogens with zero attached hydrogens (tertiary/aromatic N) is 3. The largest absolute Gasteiger partial charge is 0.454 e. The van der Waals surface area contributed by atoms with Gasteiger partial charge in [-0.05, 0) is 169 Å². The number of unbranched alkanes of at least 4 members (excludes halogenated alkanes) is 4. The van der Waals surface area contributed by atoms with E-state index in [2.05, 4.69) is 212 Å². The highest BCUT2D eigenvalue weighted by atomic mass is 16.3. The fraction of sp³-hybridized carbons (Fsp3) is 0.250. The smallest absolute Gasteiger partial charge is 0.333 e. The zero-order valence-electron chi connectivity index (χ0n) is 41.0. The first kappa shape index (κ1) is 44.5. The Morgan fingerprint density at radius 1 is 0.449 bits per heavy atom. The molecule has 0 unspecified atom stereocenters. The van der Waals surface area contributed by atoms with E-state index in [1.165, 1.54) is 106 Å². The van der Waals surface area contributed by atoms with Crippen LogP contribution in [0.15, 0.2) is 174 Å². The van der Waals surface area contributed by atoms with Crippen LogP contribution >= 0.6 is 0 Å². The molecule has 0 N–H and O–H groups in total. The molecule has 0 saturated heterocycles. The average molecular weight is 902 g/mol. The highest BCUT2D eigenvalue weighted by molar-refractivity contribution is 6.94. The van der Waals surface area contributed by atoms with Crippen LogP contribution in [0.3, 0.4) is 0 Å². The summed E-state index contributed by atoms with van der Waals surface area (Å²) in [4.78, 5) is 7.69. The van der Waals surface area contributed by atoms with E-state index < -0.39 is 0 Å². The lowest BCUT2D eigenvalue weighted by molar-refractivity contribution is 0.669. The fourth-order valence-corrected chi connectivity index (χ4v) is 11.1. The Bertz CT molecular complexity index is 3230. The van der Waals surface area contributed by atoms with Crippen LogP contribution in [0.1, 0.15) is 101 Å². The Kier molecular flexibility index (Phi) is 12.6. The number of benzene rings is 8. The number of fused-ring (bicyclic) bond motifs is 8. The number of aryl methyl sites for hydroxylation is 4. The van der Waals surface area contributed by atoms with Crippen LogP contribution in [-0.4, -0.2) is 6.85 Å². The van der Waals surface area contributed by atoms with Gasteiger partial charge in [-0.15, -0.1) is 0 Å². The van der Waals surface area contributed by atoms with Crippen LogP contribution in [-0.2, 0) is 25.7 Å². The molecule has 4 nitrogen and oxygen atoms in total. The molecule has 5 heteroatoms. The summed E-state index contributed by atoms with van der Waals surface area (Å²) in [7, 11) is 0. The third-order valence-electron chi connectivity index (χ3n) is 14.7. The molecule has 0 bridgehead atoms. The third-order valence-corrected chi connectivity index (χ3v) is 14.7. The van der Waals surface area contributed by atoms with Crippen LogP contribution in [0, 0.1) is 0 Å². The molecule has 8 aromatic carbocycles. The molecule has 0 amide bonds. The van der Waals surface area contributed by atoms with Crippen molar-refractivity contribution in [2.24, 2.45) is 0 Å². The van der Waals surface area contributed by atoms with E-state index in [4.69, 9.17) is 4.42 Å².